The Labute approximate surface area is 188 Å². The summed E-state index contributed by atoms with van der Waals surface area (Å²) in [7, 11) is 0. The standard InChI is InChI=1S/C28H29F3O/c1-3-20-9-6-19(16-26(20)29)17-32-23-12-10-22(11-13-23)25-15-14-24(27(30)28(25)31)21-7-4-18(2)5-8-21/h6,9-16,18,21H,3-5,7-8,17H2,1-2H3. The van der Waals surface area contributed by atoms with Gasteiger partial charge in [0.15, 0.2) is 11.6 Å². The lowest BCUT2D eigenvalue weighted by Gasteiger charge is -2.27. The van der Waals surface area contributed by atoms with E-state index in [1.807, 2.05) is 13.0 Å². The summed E-state index contributed by atoms with van der Waals surface area (Å²) in [6.07, 6.45) is 4.59. The van der Waals surface area contributed by atoms with Crippen molar-refractivity contribution >= 4 is 0 Å². The number of rotatable bonds is 6. The fourth-order valence-electron chi connectivity index (χ4n) is 4.54. The Morgan fingerprint density at radius 1 is 0.844 bits per heavy atom. The van der Waals surface area contributed by atoms with E-state index in [9.17, 15) is 13.2 Å². The normalized spacial score (nSPS) is 18.5. The van der Waals surface area contributed by atoms with E-state index < -0.39 is 11.6 Å². The highest BCUT2D eigenvalue weighted by Crippen LogP contribution is 2.38. The zero-order valence-electron chi connectivity index (χ0n) is 18.6. The van der Waals surface area contributed by atoms with Gasteiger partial charge in [-0.25, -0.2) is 13.2 Å². The molecule has 3 aromatic carbocycles. The summed E-state index contributed by atoms with van der Waals surface area (Å²) in [5.41, 5.74) is 2.76. The molecule has 3 aromatic rings. The van der Waals surface area contributed by atoms with Crippen LogP contribution < -0.4 is 4.74 Å². The molecule has 32 heavy (non-hydrogen) atoms. The molecule has 1 aliphatic carbocycles. The third-order valence-corrected chi connectivity index (χ3v) is 6.64. The van der Waals surface area contributed by atoms with Crippen LogP contribution in [-0.2, 0) is 13.0 Å². The van der Waals surface area contributed by atoms with Crippen molar-refractivity contribution < 1.29 is 17.9 Å². The summed E-state index contributed by atoms with van der Waals surface area (Å²) in [6, 6.07) is 15.4. The maximum atomic E-state index is 14.9. The third-order valence-electron chi connectivity index (χ3n) is 6.64. The molecule has 0 N–H and O–H groups in total. The summed E-state index contributed by atoms with van der Waals surface area (Å²) < 4.78 is 49.4. The molecule has 0 heterocycles. The summed E-state index contributed by atoms with van der Waals surface area (Å²) in [6.45, 7) is 4.36. The molecule has 1 aliphatic rings. The van der Waals surface area contributed by atoms with E-state index in [1.165, 1.54) is 6.07 Å². The minimum absolute atomic E-state index is 0.0988. The molecule has 4 rings (SSSR count). The summed E-state index contributed by atoms with van der Waals surface area (Å²) in [4.78, 5) is 0. The smallest absolute Gasteiger partial charge is 0.166 e. The Morgan fingerprint density at radius 2 is 1.56 bits per heavy atom. The van der Waals surface area contributed by atoms with E-state index in [4.69, 9.17) is 4.74 Å². The van der Waals surface area contributed by atoms with E-state index in [1.54, 1.807) is 42.5 Å². The highest BCUT2D eigenvalue weighted by molar-refractivity contribution is 5.65. The maximum absolute atomic E-state index is 14.9. The van der Waals surface area contributed by atoms with Crippen molar-refractivity contribution in [3.05, 3.63) is 88.7 Å². The minimum atomic E-state index is -0.790. The molecule has 1 nitrogen and oxygen atoms in total. The number of halogens is 3. The predicted molar refractivity (Wildman–Crippen MR) is 122 cm³/mol. The molecule has 168 valence electrons. The lowest BCUT2D eigenvalue weighted by Crippen LogP contribution is -2.13. The van der Waals surface area contributed by atoms with Crippen molar-refractivity contribution in [1.29, 1.82) is 0 Å². The topological polar surface area (TPSA) is 9.23 Å². The second-order valence-corrected chi connectivity index (χ2v) is 8.88. The van der Waals surface area contributed by atoms with Crippen LogP contribution >= 0.6 is 0 Å². The predicted octanol–water partition coefficient (Wildman–Crippen LogP) is 8.21. The van der Waals surface area contributed by atoms with Crippen LogP contribution in [0.5, 0.6) is 5.75 Å². The van der Waals surface area contributed by atoms with E-state index in [-0.39, 0.29) is 23.9 Å². The molecular formula is C28H29F3O. The van der Waals surface area contributed by atoms with Gasteiger partial charge < -0.3 is 4.74 Å². The highest BCUT2D eigenvalue weighted by Gasteiger charge is 2.25. The molecule has 0 atom stereocenters. The van der Waals surface area contributed by atoms with Crippen LogP contribution in [-0.4, -0.2) is 0 Å². The van der Waals surface area contributed by atoms with Gasteiger partial charge in [-0.15, -0.1) is 0 Å². The van der Waals surface area contributed by atoms with Gasteiger partial charge in [-0.05, 0) is 71.6 Å². The molecule has 1 saturated carbocycles. The largest absolute Gasteiger partial charge is 0.489 e. The van der Waals surface area contributed by atoms with Gasteiger partial charge in [0.05, 0.1) is 0 Å². The monoisotopic (exact) mass is 438 g/mol. The molecule has 4 heteroatoms. The van der Waals surface area contributed by atoms with Crippen LogP contribution in [0.25, 0.3) is 11.1 Å². The molecule has 0 amide bonds. The molecular weight excluding hydrogens is 409 g/mol. The Kier molecular flexibility index (Phi) is 6.88. The Hall–Kier alpha value is -2.75. The Morgan fingerprint density at radius 3 is 2.22 bits per heavy atom. The quantitative estimate of drug-likeness (QED) is 0.377. The van der Waals surface area contributed by atoms with Crippen LogP contribution in [0, 0.1) is 23.4 Å². The first-order valence-corrected chi connectivity index (χ1v) is 11.4. The maximum Gasteiger partial charge on any atom is 0.166 e. The van der Waals surface area contributed by atoms with Crippen LogP contribution in [0.4, 0.5) is 13.2 Å². The number of hydrogen-bond acceptors (Lipinski definition) is 1. The molecule has 0 unspecified atom stereocenters. The van der Waals surface area contributed by atoms with Gasteiger partial charge >= 0.3 is 0 Å². The fourth-order valence-corrected chi connectivity index (χ4v) is 4.54. The van der Waals surface area contributed by atoms with Gasteiger partial charge in [-0.3, -0.25) is 0 Å². The van der Waals surface area contributed by atoms with Gasteiger partial charge in [0.1, 0.15) is 18.2 Å². The lowest BCUT2D eigenvalue weighted by molar-refractivity contribution is 0.305. The first kappa shape index (κ1) is 22.4. The van der Waals surface area contributed by atoms with Crippen molar-refractivity contribution in [1.82, 2.24) is 0 Å². The molecule has 0 saturated heterocycles. The average Bonchev–Trinajstić information content (AvgIpc) is 2.81. The van der Waals surface area contributed by atoms with Crippen LogP contribution in [0.3, 0.4) is 0 Å². The van der Waals surface area contributed by atoms with Gasteiger partial charge in [-0.1, -0.05) is 63.1 Å². The number of ether oxygens (including phenoxy) is 1. The SMILES string of the molecule is CCc1ccc(COc2ccc(-c3ccc(C4CCC(C)CC4)c(F)c3F)cc2)cc1F. The fraction of sp³-hybridized carbons (Fsp3) is 0.357. The van der Waals surface area contributed by atoms with Crippen molar-refractivity contribution in [3.63, 3.8) is 0 Å². The molecule has 0 spiro atoms. The van der Waals surface area contributed by atoms with Crippen LogP contribution in [0.15, 0.2) is 54.6 Å². The lowest BCUT2D eigenvalue weighted by atomic mass is 9.79. The minimum Gasteiger partial charge on any atom is -0.489 e. The molecule has 0 aliphatic heterocycles. The third kappa shape index (κ3) is 4.85. The number of benzene rings is 3. The number of aryl methyl sites for hydroxylation is 1. The highest BCUT2D eigenvalue weighted by atomic mass is 19.2. The zero-order valence-corrected chi connectivity index (χ0v) is 18.6. The molecule has 0 aromatic heterocycles. The second kappa shape index (κ2) is 9.81. The molecule has 0 radical (unpaired) electrons. The summed E-state index contributed by atoms with van der Waals surface area (Å²) >= 11 is 0. The summed E-state index contributed by atoms with van der Waals surface area (Å²) in [5.74, 6) is -0.396. The van der Waals surface area contributed by atoms with Crippen LogP contribution in [0.1, 0.15) is 62.1 Å². The Bertz CT molecular complexity index is 1070. The van der Waals surface area contributed by atoms with E-state index in [2.05, 4.69) is 6.92 Å². The van der Waals surface area contributed by atoms with Gasteiger partial charge in [0.25, 0.3) is 0 Å². The zero-order chi connectivity index (χ0) is 22.7. The van der Waals surface area contributed by atoms with E-state index in [0.717, 1.165) is 31.2 Å². The van der Waals surface area contributed by atoms with Gasteiger partial charge in [0, 0.05) is 5.56 Å². The molecule has 0 bridgehead atoms. The van der Waals surface area contributed by atoms with E-state index >= 15 is 0 Å². The second-order valence-electron chi connectivity index (χ2n) is 8.88. The first-order chi connectivity index (χ1) is 15.5. The van der Waals surface area contributed by atoms with Crippen molar-refractivity contribution in [2.45, 2.75) is 58.5 Å². The molecule has 1 fully saturated rings. The first-order valence-electron chi connectivity index (χ1n) is 11.4. The summed E-state index contributed by atoms with van der Waals surface area (Å²) in [5, 5.41) is 0. The van der Waals surface area contributed by atoms with Crippen molar-refractivity contribution in [2.24, 2.45) is 5.92 Å². The Balaban J connectivity index is 1.45. The van der Waals surface area contributed by atoms with Crippen LogP contribution in [0.2, 0.25) is 0 Å². The van der Waals surface area contributed by atoms with Gasteiger partial charge in [-0.2, -0.15) is 0 Å². The average molecular weight is 439 g/mol. The van der Waals surface area contributed by atoms with Gasteiger partial charge in [0.2, 0.25) is 0 Å². The van der Waals surface area contributed by atoms with E-state index in [0.29, 0.717) is 34.8 Å². The number of hydrogen-bond donors (Lipinski definition) is 0. The van der Waals surface area contributed by atoms with Crippen molar-refractivity contribution in [2.75, 3.05) is 0 Å². The van der Waals surface area contributed by atoms with Crippen molar-refractivity contribution in [3.8, 4) is 16.9 Å².